The first-order chi connectivity index (χ1) is 14.4. The van der Waals surface area contributed by atoms with E-state index in [4.69, 9.17) is 9.31 Å². The van der Waals surface area contributed by atoms with Crippen LogP contribution in [0.5, 0.6) is 0 Å². The van der Waals surface area contributed by atoms with Crippen LogP contribution < -0.4 is 0 Å². The maximum absolute atomic E-state index is 13.4. The summed E-state index contributed by atoms with van der Waals surface area (Å²) in [6.07, 6.45) is 6.97. The van der Waals surface area contributed by atoms with Crippen LogP contribution in [0.15, 0.2) is 11.6 Å². The Morgan fingerprint density at radius 2 is 1.87 bits per heavy atom. The van der Waals surface area contributed by atoms with Crippen molar-refractivity contribution in [2.24, 2.45) is 28.6 Å². The van der Waals surface area contributed by atoms with Gasteiger partial charge in [-0.2, -0.15) is 0 Å². The maximum atomic E-state index is 13.4. The third-order valence-corrected chi connectivity index (χ3v) is 9.85. The van der Waals surface area contributed by atoms with E-state index in [0.717, 1.165) is 32.1 Å². The molecule has 0 bridgehead atoms. The van der Waals surface area contributed by atoms with Gasteiger partial charge in [0.25, 0.3) is 0 Å². The number of aliphatic hydroxyl groups is 1. The molecule has 6 heteroatoms. The normalized spacial score (nSPS) is 47.7. The molecular weight excluding hydrogens is 391 g/mol. The molecular formula is C25H37BO5. The molecule has 3 saturated carbocycles. The van der Waals surface area contributed by atoms with Gasteiger partial charge in [0.1, 0.15) is 5.60 Å². The fourth-order valence-corrected chi connectivity index (χ4v) is 8.30. The van der Waals surface area contributed by atoms with E-state index >= 15 is 0 Å². The van der Waals surface area contributed by atoms with Gasteiger partial charge in [-0.25, -0.2) is 0 Å². The van der Waals surface area contributed by atoms with Gasteiger partial charge in [0.05, 0.1) is 12.7 Å². The third kappa shape index (κ3) is 2.86. The van der Waals surface area contributed by atoms with Gasteiger partial charge in [0, 0.05) is 11.8 Å². The van der Waals surface area contributed by atoms with Gasteiger partial charge in [0.15, 0.2) is 11.6 Å². The summed E-state index contributed by atoms with van der Waals surface area (Å²) in [5.74, 6) is 1.14. The highest BCUT2D eigenvalue weighted by Crippen LogP contribution is 2.69. The van der Waals surface area contributed by atoms with E-state index in [2.05, 4.69) is 34.6 Å². The molecule has 0 aromatic rings. The zero-order valence-corrected chi connectivity index (χ0v) is 19.7. The van der Waals surface area contributed by atoms with E-state index in [9.17, 15) is 14.7 Å². The molecule has 31 heavy (non-hydrogen) atoms. The first-order valence-corrected chi connectivity index (χ1v) is 12.2. The monoisotopic (exact) mass is 428 g/mol. The van der Waals surface area contributed by atoms with Gasteiger partial charge >= 0.3 is 7.12 Å². The van der Waals surface area contributed by atoms with Crippen molar-refractivity contribution in [2.75, 3.05) is 6.61 Å². The Kier molecular flexibility index (Phi) is 4.77. The van der Waals surface area contributed by atoms with Gasteiger partial charge in [-0.3, -0.25) is 9.59 Å². The van der Waals surface area contributed by atoms with Gasteiger partial charge in [-0.15, -0.1) is 0 Å². The van der Waals surface area contributed by atoms with Gasteiger partial charge in [-0.05, 0) is 73.1 Å². The lowest BCUT2D eigenvalue weighted by atomic mass is 9.45. The molecule has 0 aromatic carbocycles. The number of allylic oxidation sites excluding steroid dienone is 1. The van der Waals surface area contributed by atoms with Crippen molar-refractivity contribution < 1.29 is 24.0 Å². The number of ketones is 2. The van der Waals surface area contributed by atoms with Crippen molar-refractivity contribution in [1.82, 2.24) is 0 Å². The summed E-state index contributed by atoms with van der Waals surface area (Å²) in [5, 5.41) is 11.4. The Morgan fingerprint density at radius 3 is 2.58 bits per heavy atom. The lowest BCUT2D eigenvalue weighted by Gasteiger charge is -2.61. The molecule has 7 atom stereocenters. The summed E-state index contributed by atoms with van der Waals surface area (Å²) < 4.78 is 12.4. The van der Waals surface area contributed by atoms with Crippen LogP contribution in [0.1, 0.15) is 79.6 Å². The summed E-state index contributed by atoms with van der Waals surface area (Å²) in [6, 6.07) is 0. The van der Waals surface area contributed by atoms with Gasteiger partial charge < -0.3 is 14.4 Å². The highest BCUT2D eigenvalue weighted by Gasteiger charge is 2.71. The molecule has 0 aromatic heterocycles. The predicted octanol–water partition coefficient (Wildman–Crippen LogP) is 4.13. The van der Waals surface area contributed by atoms with Crippen LogP contribution in [0.25, 0.3) is 0 Å². The Bertz CT molecular complexity index is 845. The second kappa shape index (κ2) is 6.77. The highest BCUT2D eigenvalue weighted by atomic mass is 16.6. The van der Waals surface area contributed by atoms with Crippen LogP contribution in [-0.2, 0) is 18.9 Å². The zero-order valence-electron chi connectivity index (χ0n) is 19.7. The zero-order chi connectivity index (χ0) is 22.4. The molecule has 1 spiro atoms. The summed E-state index contributed by atoms with van der Waals surface area (Å²) >= 11 is 0. The standard InChI is InChI=1S/C25H37BO5/c1-22(2,3)26-30-14-20(29)25(31-26)11-9-18-17-7-6-15-12-16(27)8-10-23(15,4)21(17)19(28)13-24(18,25)5/h12,17-19,21,28H,6-11,13-14H2,1-5H3/t17-,18-,19-,21+,23-,24-,25-/m0/s1. The average molecular weight is 428 g/mol. The van der Waals surface area contributed by atoms with Crippen molar-refractivity contribution in [3.8, 4) is 0 Å². The maximum Gasteiger partial charge on any atom is 0.463 e. The summed E-state index contributed by atoms with van der Waals surface area (Å²) in [5.41, 5.74) is -0.118. The molecule has 1 aliphatic heterocycles. The average Bonchev–Trinajstić information content (AvgIpc) is 2.96. The van der Waals surface area contributed by atoms with E-state index in [1.807, 2.05) is 6.08 Å². The van der Waals surface area contributed by atoms with Crippen LogP contribution in [0.3, 0.4) is 0 Å². The summed E-state index contributed by atoms with van der Waals surface area (Å²) in [7, 11) is -0.418. The van der Waals surface area contributed by atoms with Crippen LogP contribution in [0.4, 0.5) is 0 Å². The molecule has 0 unspecified atom stereocenters. The largest absolute Gasteiger partial charge is 0.463 e. The Hall–Kier alpha value is -0.975. The van der Waals surface area contributed by atoms with E-state index < -0.39 is 18.8 Å². The second-order valence-electron chi connectivity index (χ2n) is 12.5. The minimum absolute atomic E-state index is 0.0505. The lowest BCUT2D eigenvalue weighted by molar-refractivity contribution is -0.186. The number of rotatable bonds is 0. The van der Waals surface area contributed by atoms with Gasteiger partial charge in [0.2, 0.25) is 0 Å². The number of aliphatic hydroxyl groups excluding tert-OH is 1. The van der Waals surface area contributed by atoms with E-state index in [0.29, 0.717) is 24.7 Å². The molecule has 5 aliphatic rings. The van der Waals surface area contributed by atoms with Crippen molar-refractivity contribution in [2.45, 2.75) is 96.6 Å². The number of hydrogen-bond donors (Lipinski definition) is 1. The number of carbonyl (C=O) groups is 2. The van der Waals surface area contributed by atoms with Crippen LogP contribution >= 0.6 is 0 Å². The number of hydrogen-bond acceptors (Lipinski definition) is 5. The molecule has 0 amide bonds. The number of fused-ring (bicyclic) bond motifs is 6. The van der Waals surface area contributed by atoms with Crippen LogP contribution in [0, 0.1) is 28.6 Å². The summed E-state index contributed by atoms with van der Waals surface area (Å²) in [4.78, 5) is 25.4. The lowest BCUT2D eigenvalue weighted by Crippen LogP contribution is -2.66. The Morgan fingerprint density at radius 1 is 1.13 bits per heavy atom. The number of carbonyl (C=O) groups excluding carboxylic acids is 2. The Balaban J connectivity index is 1.52. The number of Topliss-reactive ketones (excluding diaryl/α,β-unsaturated/α-hetero) is 1. The van der Waals surface area contributed by atoms with Crippen molar-refractivity contribution >= 4 is 18.7 Å². The topological polar surface area (TPSA) is 72.8 Å². The fraction of sp³-hybridized carbons (Fsp3) is 0.840. The predicted molar refractivity (Wildman–Crippen MR) is 118 cm³/mol. The first-order valence-electron chi connectivity index (χ1n) is 12.2. The van der Waals surface area contributed by atoms with Gasteiger partial charge in [-0.1, -0.05) is 40.2 Å². The van der Waals surface area contributed by atoms with E-state index in [-0.39, 0.29) is 40.2 Å². The molecule has 1 saturated heterocycles. The molecule has 1 heterocycles. The SMILES string of the molecule is CC(C)(C)B1OCC(=O)[C@]2(CC[C@H]3[C@@H]4CCC5=CC(=O)CC[C@]5(C)[C@H]4[C@@H](O)C[C@@]32C)O1. The Labute approximate surface area is 186 Å². The smallest absolute Gasteiger partial charge is 0.403 e. The van der Waals surface area contributed by atoms with Crippen molar-refractivity contribution in [3.63, 3.8) is 0 Å². The highest BCUT2D eigenvalue weighted by molar-refractivity contribution is 6.49. The molecule has 4 aliphatic carbocycles. The minimum Gasteiger partial charge on any atom is -0.403 e. The van der Waals surface area contributed by atoms with E-state index in [1.54, 1.807) is 0 Å². The summed E-state index contributed by atoms with van der Waals surface area (Å²) in [6.45, 7) is 10.8. The van der Waals surface area contributed by atoms with Crippen molar-refractivity contribution in [3.05, 3.63) is 11.6 Å². The quantitative estimate of drug-likeness (QED) is 0.588. The van der Waals surface area contributed by atoms with E-state index in [1.165, 1.54) is 5.57 Å². The second-order valence-corrected chi connectivity index (χ2v) is 12.5. The molecule has 170 valence electrons. The van der Waals surface area contributed by atoms with Crippen LogP contribution in [-0.4, -0.2) is 42.1 Å². The molecule has 4 fully saturated rings. The van der Waals surface area contributed by atoms with Crippen LogP contribution in [0.2, 0.25) is 5.31 Å². The molecule has 5 nitrogen and oxygen atoms in total. The van der Waals surface area contributed by atoms with Crippen molar-refractivity contribution in [1.29, 1.82) is 0 Å². The third-order valence-electron chi connectivity index (χ3n) is 9.85. The molecule has 5 rings (SSSR count). The minimum atomic E-state index is -0.862. The fourth-order valence-electron chi connectivity index (χ4n) is 8.30. The molecule has 1 N–H and O–H groups in total. The molecule has 0 radical (unpaired) electrons. The first kappa shape index (κ1) is 21.8.